The number of hydrogen-bond donors (Lipinski definition) is 1. The molecular weight excluding hydrogens is 495 g/mol. The Labute approximate surface area is 229 Å². The van der Waals surface area contributed by atoms with Crippen molar-refractivity contribution in [2.75, 3.05) is 19.7 Å². The smallest absolute Gasteiger partial charge is 0.309 e. The third-order valence-electron chi connectivity index (χ3n) is 10.2. The second-order valence-corrected chi connectivity index (χ2v) is 12.8. The number of oxime groups is 1. The monoisotopic (exact) mass is 532 g/mol. The Kier molecular flexibility index (Phi) is 5.82. The molecule has 206 valence electrons. The van der Waals surface area contributed by atoms with Gasteiger partial charge in [0.1, 0.15) is 11.6 Å². The maximum atomic E-state index is 13.6. The van der Waals surface area contributed by atoms with E-state index in [1.165, 1.54) is 41.8 Å². The number of benzene rings is 2. The van der Waals surface area contributed by atoms with Gasteiger partial charge < -0.3 is 14.7 Å². The Balaban J connectivity index is 1.04. The lowest BCUT2D eigenvalue weighted by molar-refractivity contribution is -0.156. The average molecular weight is 533 g/mol. The molecule has 5 fully saturated rings. The van der Waals surface area contributed by atoms with E-state index < -0.39 is 11.4 Å². The van der Waals surface area contributed by atoms with Gasteiger partial charge in [0.2, 0.25) is 0 Å². The number of rotatable bonds is 8. The largest absolute Gasteiger partial charge is 0.493 e. The predicted molar refractivity (Wildman–Crippen MR) is 146 cm³/mol. The number of carboxylic acid groups (broad SMARTS) is 1. The molecule has 1 spiro atoms. The van der Waals surface area contributed by atoms with Crippen molar-refractivity contribution in [1.29, 1.82) is 0 Å². The van der Waals surface area contributed by atoms with Crippen LogP contribution in [0.5, 0.6) is 5.75 Å². The first kappa shape index (κ1) is 25.1. The molecule has 0 amide bonds. The fourth-order valence-electron chi connectivity index (χ4n) is 7.75. The van der Waals surface area contributed by atoms with Crippen LogP contribution in [0.1, 0.15) is 81.8 Å². The zero-order chi connectivity index (χ0) is 26.8. The van der Waals surface area contributed by atoms with E-state index in [4.69, 9.17) is 9.57 Å². The summed E-state index contributed by atoms with van der Waals surface area (Å²) in [5.74, 6) is 0.572. The van der Waals surface area contributed by atoms with E-state index in [9.17, 15) is 14.3 Å². The number of ether oxygens (including phenoxy) is 1. The quantitative estimate of drug-likeness (QED) is 0.419. The molecule has 2 aliphatic heterocycles. The number of fused-ring (bicyclic) bond motifs is 3. The maximum Gasteiger partial charge on any atom is 0.309 e. The Hall–Kier alpha value is -2.93. The number of aliphatic carboxylic acids is 1. The molecule has 39 heavy (non-hydrogen) atoms. The lowest BCUT2D eigenvalue weighted by Gasteiger charge is -2.51. The van der Waals surface area contributed by atoms with Crippen molar-refractivity contribution >= 4 is 11.7 Å². The Morgan fingerprint density at radius 2 is 1.79 bits per heavy atom. The second kappa shape index (κ2) is 9.05. The summed E-state index contributed by atoms with van der Waals surface area (Å²) in [6, 6.07) is 11.2. The molecule has 0 radical (unpaired) electrons. The van der Waals surface area contributed by atoms with Gasteiger partial charge in [-0.05, 0) is 99.1 Å². The van der Waals surface area contributed by atoms with Crippen molar-refractivity contribution in [2.45, 2.75) is 82.8 Å². The normalized spacial score (nSPS) is 29.1. The van der Waals surface area contributed by atoms with Crippen LogP contribution in [0, 0.1) is 16.6 Å². The minimum absolute atomic E-state index is 0.0445. The van der Waals surface area contributed by atoms with Crippen LogP contribution < -0.4 is 4.74 Å². The van der Waals surface area contributed by atoms with Gasteiger partial charge in [-0.2, -0.15) is 0 Å². The summed E-state index contributed by atoms with van der Waals surface area (Å²) in [4.78, 5) is 20.4. The topological polar surface area (TPSA) is 71.4 Å². The van der Waals surface area contributed by atoms with E-state index in [1.54, 1.807) is 0 Å². The average Bonchev–Trinajstić information content (AvgIpc) is 3.68. The van der Waals surface area contributed by atoms with Crippen LogP contribution in [0.3, 0.4) is 0 Å². The number of likely N-dealkylation sites (tertiary alicyclic amines) is 1. The Morgan fingerprint density at radius 1 is 1.10 bits per heavy atom. The van der Waals surface area contributed by atoms with Crippen LogP contribution in [0.4, 0.5) is 4.39 Å². The molecule has 1 N–H and O–H groups in total. The van der Waals surface area contributed by atoms with Crippen LogP contribution >= 0.6 is 0 Å². The fraction of sp³-hybridized carbons (Fsp3) is 0.562. The SMILES string of the molecule is CCOc1cc(CN2CC3(CC(C45CCC(C(=O)O)(CC4)CC5)=NO3)C2)cc(C2CC2)c1-c1ccc(F)cc1. The molecule has 6 aliphatic rings. The molecule has 2 aromatic rings. The van der Waals surface area contributed by atoms with Crippen molar-refractivity contribution in [3.05, 3.63) is 53.3 Å². The zero-order valence-electron chi connectivity index (χ0n) is 22.7. The van der Waals surface area contributed by atoms with Crippen LogP contribution in [-0.2, 0) is 16.2 Å². The molecule has 4 aliphatic carbocycles. The minimum atomic E-state index is -0.616. The number of nitrogens with zero attached hydrogens (tertiary/aromatic N) is 2. The van der Waals surface area contributed by atoms with Crippen LogP contribution in [0.2, 0.25) is 0 Å². The van der Waals surface area contributed by atoms with Gasteiger partial charge >= 0.3 is 5.97 Å². The molecule has 4 saturated carbocycles. The lowest BCUT2D eigenvalue weighted by atomic mass is 9.51. The second-order valence-electron chi connectivity index (χ2n) is 12.8. The summed E-state index contributed by atoms with van der Waals surface area (Å²) < 4.78 is 19.8. The molecule has 2 bridgehead atoms. The van der Waals surface area contributed by atoms with Crippen molar-refractivity contribution in [2.24, 2.45) is 16.0 Å². The van der Waals surface area contributed by atoms with Crippen LogP contribution in [-0.4, -0.2) is 47.0 Å². The lowest BCUT2D eigenvalue weighted by Crippen LogP contribution is -2.61. The number of carbonyl (C=O) groups is 1. The number of hydrogen-bond acceptors (Lipinski definition) is 5. The van der Waals surface area contributed by atoms with Gasteiger partial charge in [-0.3, -0.25) is 9.69 Å². The van der Waals surface area contributed by atoms with Crippen molar-refractivity contribution in [3.8, 4) is 16.9 Å². The fourth-order valence-corrected chi connectivity index (χ4v) is 7.75. The molecule has 2 aromatic carbocycles. The number of carboxylic acids is 1. The highest BCUT2D eigenvalue weighted by molar-refractivity contribution is 5.93. The van der Waals surface area contributed by atoms with E-state index in [0.29, 0.717) is 12.5 Å². The molecular formula is C32H37FN2O4. The van der Waals surface area contributed by atoms with Gasteiger partial charge in [-0.25, -0.2) is 4.39 Å². The summed E-state index contributed by atoms with van der Waals surface area (Å²) >= 11 is 0. The highest BCUT2D eigenvalue weighted by atomic mass is 19.1. The molecule has 0 unspecified atom stereocenters. The molecule has 2 heterocycles. The molecule has 8 rings (SSSR count). The summed E-state index contributed by atoms with van der Waals surface area (Å²) in [5.41, 5.74) is 5.15. The van der Waals surface area contributed by atoms with Gasteiger partial charge in [-0.1, -0.05) is 23.4 Å². The van der Waals surface area contributed by atoms with E-state index in [2.05, 4.69) is 22.2 Å². The van der Waals surface area contributed by atoms with Gasteiger partial charge in [0.25, 0.3) is 0 Å². The minimum Gasteiger partial charge on any atom is -0.493 e. The third kappa shape index (κ3) is 4.24. The summed E-state index contributed by atoms with van der Waals surface area (Å²) in [6.45, 7) is 5.11. The van der Waals surface area contributed by atoms with E-state index >= 15 is 0 Å². The highest BCUT2D eigenvalue weighted by Gasteiger charge is 2.59. The molecule has 6 nitrogen and oxygen atoms in total. The molecule has 0 atom stereocenters. The predicted octanol–water partition coefficient (Wildman–Crippen LogP) is 6.52. The van der Waals surface area contributed by atoms with Crippen molar-refractivity contribution in [3.63, 3.8) is 0 Å². The Bertz CT molecular complexity index is 1300. The van der Waals surface area contributed by atoms with E-state index in [0.717, 1.165) is 81.5 Å². The first-order valence-electron chi connectivity index (χ1n) is 14.6. The summed E-state index contributed by atoms with van der Waals surface area (Å²) in [5, 5.41) is 14.4. The van der Waals surface area contributed by atoms with Gasteiger partial charge in [0.15, 0.2) is 5.60 Å². The highest BCUT2D eigenvalue weighted by Crippen LogP contribution is 2.59. The van der Waals surface area contributed by atoms with Gasteiger partial charge in [-0.15, -0.1) is 0 Å². The molecule has 1 saturated heterocycles. The van der Waals surface area contributed by atoms with Crippen molar-refractivity contribution in [1.82, 2.24) is 4.90 Å². The zero-order valence-corrected chi connectivity index (χ0v) is 22.7. The van der Waals surface area contributed by atoms with Crippen LogP contribution in [0.25, 0.3) is 11.1 Å². The third-order valence-corrected chi connectivity index (χ3v) is 10.2. The Morgan fingerprint density at radius 3 is 2.41 bits per heavy atom. The van der Waals surface area contributed by atoms with E-state index in [-0.39, 0.29) is 16.8 Å². The first-order valence-corrected chi connectivity index (χ1v) is 14.6. The molecule has 7 heteroatoms. The van der Waals surface area contributed by atoms with Gasteiger partial charge in [0.05, 0.1) is 17.7 Å². The maximum absolute atomic E-state index is 13.6. The van der Waals surface area contributed by atoms with E-state index in [1.807, 2.05) is 19.1 Å². The van der Waals surface area contributed by atoms with Crippen LogP contribution in [0.15, 0.2) is 41.6 Å². The summed E-state index contributed by atoms with van der Waals surface area (Å²) in [7, 11) is 0. The van der Waals surface area contributed by atoms with Gasteiger partial charge in [0, 0.05) is 37.0 Å². The number of halogens is 1. The first-order chi connectivity index (χ1) is 18.8. The summed E-state index contributed by atoms with van der Waals surface area (Å²) in [6.07, 6.45) is 8.28. The molecule has 0 aromatic heterocycles. The standard InChI is InChI=1S/C32H37FN2O4/c1-2-38-26-16-21(15-25(22-3-4-22)28(26)23-5-7-24(33)8-6-23)18-35-19-32(20-35)17-27(34-39-32)30-9-12-31(13-10-30,14-11-30)29(36)37/h5-8,15-16,22H,2-4,9-14,17-20H2,1H3,(H,36,37). The van der Waals surface area contributed by atoms with Crippen molar-refractivity contribution < 1.29 is 23.9 Å².